The molecule has 1 amide bonds. The van der Waals surface area contributed by atoms with Crippen LogP contribution in [0.5, 0.6) is 11.6 Å². The molecule has 0 aliphatic rings. The molecule has 0 aliphatic heterocycles. The first-order chi connectivity index (χ1) is 15.2. The van der Waals surface area contributed by atoms with Crippen LogP contribution in [0, 0.1) is 6.92 Å². The predicted octanol–water partition coefficient (Wildman–Crippen LogP) is 3.86. The van der Waals surface area contributed by atoms with Crippen molar-refractivity contribution in [3.05, 3.63) is 29.5 Å². The number of carboxylic acid groups (broad SMARTS) is 1. The van der Waals surface area contributed by atoms with E-state index in [9.17, 15) is 23.1 Å². The Bertz CT molecular complexity index is 1150. The van der Waals surface area contributed by atoms with Crippen molar-refractivity contribution in [3.63, 3.8) is 0 Å². The first kappa shape index (κ1) is 26.3. The highest BCUT2D eigenvalue weighted by molar-refractivity contribution is 7.89. The summed E-state index contributed by atoms with van der Waals surface area (Å²) in [4.78, 5) is 23.3. The van der Waals surface area contributed by atoms with Gasteiger partial charge in [-0.05, 0) is 59.2 Å². The second-order valence-corrected chi connectivity index (χ2v) is 10.4. The van der Waals surface area contributed by atoms with Crippen molar-refractivity contribution in [1.82, 2.24) is 14.5 Å². The summed E-state index contributed by atoms with van der Waals surface area (Å²) in [6.45, 7) is 12.3. The quantitative estimate of drug-likeness (QED) is 0.495. The summed E-state index contributed by atoms with van der Waals surface area (Å²) in [7, 11) is -4.03. The highest BCUT2D eigenvalue weighted by Gasteiger charge is 2.30. The standard InChI is InChI=1S/C22H32N4O6S/c1-8-13(3)25-33(30,31)17-12-15(23-18(27)9-2)10-11-16(17)32-20-14(4)19(21(28)29)24-26(20)22(5,6)7/h10-13,25H,8-9H2,1-7H3,(H,23,27)(H,28,29)/t13-/m1/s1. The van der Waals surface area contributed by atoms with Crippen LogP contribution in [-0.4, -0.2) is 41.2 Å². The largest absolute Gasteiger partial charge is 0.476 e. The molecule has 10 nitrogen and oxygen atoms in total. The number of rotatable bonds is 9. The van der Waals surface area contributed by atoms with Gasteiger partial charge in [-0.15, -0.1) is 0 Å². The maximum atomic E-state index is 13.2. The Morgan fingerprint density at radius 1 is 1.24 bits per heavy atom. The second kappa shape index (κ2) is 9.92. The number of nitrogens with zero attached hydrogens (tertiary/aromatic N) is 2. The molecular weight excluding hydrogens is 448 g/mol. The van der Waals surface area contributed by atoms with Crippen LogP contribution in [0.2, 0.25) is 0 Å². The number of benzene rings is 1. The number of carboxylic acids is 1. The molecular formula is C22H32N4O6S. The number of anilines is 1. The monoisotopic (exact) mass is 480 g/mol. The van der Waals surface area contributed by atoms with Crippen LogP contribution in [0.3, 0.4) is 0 Å². The first-order valence-corrected chi connectivity index (χ1v) is 12.2. The minimum atomic E-state index is -4.03. The number of amides is 1. The molecule has 0 unspecified atom stereocenters. The number of carbonyl (C=O) groups is 2. The van der Waals surface area contributed by atoms with E-state index in [1.54, 1.807) is 20.8 Å². The lowest BCUT2D eigenvalue weighted by Crippen LogP contribution is -2.32. The molecule has 1 heterocycles. The zero-order chi connectivity index (χ0) is 25.1. The van der Waals surface area contributed by atoms with E-state index in [1.807, 2.05) is 27.7 Å². The van der Waals surface area contributed by atoms with Gasteiger partial charge in [0.2, 0.25) is 21.8 Å². The van der Waals surface area contributed by atoms with Gasteiger partial charge in [-0.2, -0.15) is 5.10 Å². The lowest BCUT2D eigenvalue weighted by Gasteiger charge is -2.23. The Kier molecular flexibility index (Phi) is 7.91. The summed E-state index contributed by atoms with van der Waals surface area (Å²) in [6.07, 6.45) is 0.799. The van der Waals surface area contributed by atoms with E-state index in [-0.39, 0.29) is 46.2 Å². The van der Waals surface area contributed by atoms with Gasteiger partial charge in [-0.25, -0.2) is 22.6 Å². The van der Waals surface area contributed by atoms with Gasteiger partial charge in [0.1, 0.15) is 10.6 Å². The second-order valence-electron chi connectivity index (χ2n) is 8.76. The number of hydrogen-bond donors (Lipinski definition) is 3. The number of ether oxygens (including phenoxy) is 1. The van der Waals surface area contributed by atoms with Gasteiger partial charge >= 0.3 is 5.97 Å². The average molecular weight is 481 g/mol. The normalized spacial score (nSPS) is 12.9. The summed E-state index contributed by atoms with van der Waals surface area (Å²) >= 11 is 0. The van der Waals surface area contributed by atoms with Gasteiger partial charge < -0.3 is 15.2 Å². The molecule has 182 valence electrons. The van der Waals surface area contributed by atoms with E-state index in [1.165, 1.54) is 22.9 Å². The van der Waals surface area contributed by atoms with Crippen molar-refractivity contribution >= 4 is 27.6 Å². The maximum Gasteiger partial charge on any atom is 0.356 e. The molecule has 2 aromatic rings. The van der Waals surface area contributed by atoms with Gasteiger partial charge in [0.05, 0.1) is 5.54 Å². The minimum absolute atomic E-state index is 0.0225. The van der Waals surface area contributed by atoms with E-state index in [2.05, 4.69) is 15.1 Å². The zero-order valence-electron chi connectivity index (χ0n) is 20.0. The molecule has 2 rings (SSSR count). The third kappa shape index (κ3) is 6.11. The molecule has 0 saturated heterocycles. The summed E-state index contributed by atoms with van der Waals surface area (Å²) in [5.41, 5.74) is -0.268. The molecule has 0 bridgehead atoms. The predicted molar refractivity (Wildman–Crippen MR) is 124 cm³/mol. The van der Waals surface area contributed by atoms with Crippen molar-refractivity contribution in [2.45, 2.75) is 77.8 Å². The fourth-order valence-corrected chi connectivity index (χ4v) is 4.38. The number of aromatic nitrogens is 2. The van der Waals surface area contributed by atoms with Crippen LogP contribution < -0.4 is 14.8 Å². The van der Waals surface area contributed by atoms with Crippen LogP contribution in [0.15, 0.2) is 23.1 Å². The summed E-state index contributed by atoms with van der Waals surface area (Å²) in [6, 6.07) is 3.93. The number of aromatic carboxylic acids is 1. The maximum absolute atomic E-state index is 13.2. The Morgan fingerprint density at radius 3 is 2.39 bits per heavy atom. The van der Waals surface area contributed by atoms with E-state index < -0.39 is 21.5 Å². The van der Waals surface area contributed by atoms with E-state index >= 15 is 0 Å². The minimum Gasteiger partial charge on any atom is -0.476 e. The molecule has 0 saturated carbocycles. The molecule has 11 heteroatoms. The SMILES string of the molecule is CCC(=O)Nc1ccc(Oc2c(C)c(C(=O)O)nn2C(C)(C)C)c(S(=O)(=O)N[C@H](C)CC)c1. The molecule has 1 aromatic heterocycles. The van der Waals surface area contributed by atoms with Crippen LogP contribution in [0.1, 0.15) is 70.4 Å². The van der Waals surface area contributed by atoms with Crippen LogP contribution in [0.4, 0.5) is 5.69 Å². The molecule has 0 fully saturated rings. The third-order valence-corrected chi connectivity index (χ3v) is 6.53. The molecule has 0 aliphatic carbocycles. The Balaban J connectivity index is 2.68. The molecule has 3 N–H and O–H groups in total. The number of sulfonamides is 1. The molecule has 0 radical (unpaired) electrons. The van der Waals surface area contributed by atoms with Crippen molar-refractivity contribution in [2.24, 2.45) is 0 Å². The van der Waals surface area contributed by atoms with Crippen LogP contribution in [0.25, 0.3) is 0 Å². The summed E-state index contributed by atoms with van der Waals surface area (Å²) in [5, 5.41) is 16.3. The fourth-order valence-electron chi connectivity index (χ4n) is 2.90. The van der Waals surface area contributed by atoms with E-state index in [0.717, 1.165) is 0 Å². The molecule has 0 spiro atoms. The number of carbonyl (C=O) groups excluding carboxylic acids is 1. The zero-order valence-corrected chi connectivity index (χ0v) is 20.8. The van der Waals surface area contributed by atoms with Gasteiger partial charge in [0, 0.05) is 23.7 Å². The summed E-state index contributed by atoms with van der Waals surface area (Å²) in [5.74, 6) is -1.39. The highest BCUT2D eigenvalue weighted by Crippen LogP contribution is 2.36. The van der Waals surface area contributed by atoms with Crippen LogP contribution in [-0.2, 0) is 20.4 Å². The van der Waals surface area contributed by atoms with Crippen molar-refractivity contribution in [2.75, 3.05) is 5.32 Å². The third-order valence-electron chi connectivity index (χ3n) is 4.92. The summed E-state index contributed by atoms with van der Waals surface area (Å²) < 4.78 is 36.4. The van der Waals surface area contributed by atoms with Crippen molar-refractivity contribution < 1.29 is 27.9 Å². The van der Waals surface area contributed by atoms with Crippen molar-refractivity contribution in [3.8, 4) is 11.6 Å². The lowest BCUT2D eigenvalue weighted by atomic mass is 10.1. The van der Waals surface area contributed by atoms with Gasteiger partial charge in [-0.1, -0.05) is 13.8 Å². The number of hydrogen-bond acceptors (Lipinski definition) is 6. The van der Waals surface area contributed by atoms with Gasteiger partial charge in [0.25, 0.3) is 0 Å². The fraction of sp³-hybridized carbons (Fsp3) is 0.500. The Labute approximate surface area is 194 Å². The topological polar surface area (TPSA) is 140 Å². The van der Waals surface area contributed by atoms with E-state index in [4.69, 9.17) is 4.74 Å². The van der Waals surface area contributed by atoms with Crippen molar-refractivity contribution in [1.29, 1.82) is 0 Å². The van der Waals surface area contributed by atoms with Gasteiger partial charge in [-0.3, -0.25) is 4.79 Å². The van der Waals surface area contributed by atoms with Gasteiger partial charge in [0.15, 0.2) is 5.69 Å². The first-order valence-electron chi connectivity index (χ1n) is 10.7. The highest BCUT2D eigenvalue weighted by atomic mass is 32.2. The average Bonchev–Trinajstić information content (AvgIpc) is 3.05. The number of nitrogens with one attached hydrogen (secondary N) is 2. The Hall–Kier alpha value is -2.92. The molecule has 1 aromatic carbocycles. The molecule has 33 heavy (non-hydrogen) atoms. The smallest absolute Gasteiger partial charge is 0.356 e. The van der Waals surface area contributed by atoms with Crippen LogP contribution >= 0.6 is 0 Å². The lowest BCUT2D eigenvalue weighted by molar-refractivity contribution is -0.115. The molecule has 1 atom stereocenters. The van der Waals surface area contributed by atoms with E-state index in [0.29, 0.717) is 12.1 Å². The Morgan fingerprint density at radius 2 is 1.88 bits per heavy atom.